The minimum Gasteiger partial charge on any atom is -0.296 e. The van der Waals surface area contributed by atoms with Crippen LogP contribution in [0, 0.1) is 0 Å². The molecule has 0 aliphatic heterocycles. The molecule has 0 saturated carbocycles. The summed E-state index contributed by atoms with van der Waals surface area (Å²) in [6.07, 6.45) is 0. The van der Waals surface area contributed by atoms with Gasteiger partial charge in [-0.1, -0.05) is 53.5 Å². The summed E-state index contributed by atoms with van der Waals surface area (Å²) in [4.78, 5) is 5.48. The van der Waals surface area contributed by atoms with Crippen molar-refractivity contribution in [3.63, 3.8) is 0 Å². The molecule has 0 bridgehead atoms. The molecule has 0 aliphatic rings. The molecule has 4 heteroatoms. The first kappa shape index (κ1) is 14.4. The Bertz CT molecular complexity index is 531. The van der Waals surface area contributed by atoms with Gasteiger partial charge in [-0.3, -0.25) is 4.84 Å². The molecule has 0 radical (unpaired) electrons. The van der Waals surface area contributed by atoms with E-state index in [1.807, 2.05) is 43.3 Å². The highest BCUT2D eigenvalue weighted by molar-refractivity contribution is 6.33. The van der Waals surface area contributed by atoms with Gasteiger partial charge in [0, 0.05) is 10.0 Å². The molecule has 0 amide bonds. The summed E-state index contributed by atoms with van der Waals surface area (Å²) in [5.74, 6) is 0. The second-order valence-corrected chi connectivity index (χ2v) is 5.12. The van der Waals surface area contributed by atoms with Gasteiger partial charge in [-0.15, -0.1) is 0 Å². The van der Waals surface area contributed by atoms with Crippen molar-refractivity contribution in [3.8, 4) is 0 Å². The molecule has 0 aromatic heterocycles. The lowest BCUT2D eigenvalue weighted by atomic mass is 10.1. The number of hydroxylamine groups is 1. The number of nitrogens with one attached hydrogen (secondary N) is 1. The Morgan fingerprint density at radius 2 is 1.84 bits per heavy atom. The van der Waals surface area contributed by atoms with Crippen molar-refractivity contribution in [1.29, 1.82) is 0 Å². The van der Waals surface area contributed by atoms with Crippen LogP contribution < -0.4 is 5.48 Å². The third-order valence-corrected chi connectivity index (χ3v) is 3.35. The van der Waals surface area contributed by atoms with E-state index >= 15 is 0 Å². The lowest BCUT2D eigenvalue weighted by Gasteiger charge is -2.16. The number of hydrogen-bond donors (Lipinski definition) is 1. The van der Waals surface area contributed by atoms with Crippen LogP contribution in [0.1, 0.15) is 24.1 Å². The highest BCUT2D eigenvalue weighted by atomic mass is 35.5. The maximum Gasteiger partial charge on any atom is 0.0933 e. The second-order valence-electron chi connectivity index (χ2n) is 4.28. The molecule has 0 saturated heterocycles. The van der Waals surface area contributed by atoms with E-state index in [0.29, 0.717) is 16.7 Å². The van der Waals surface area contributed by atoms with Crippen molar-refractivity contribution >= 4 is 23.2 Å². The van der Waals surface area contributed by atoms with Gasteiger partial charge in [-0.25, -0.2) is 0 Å². The van der Waals surface area contributed by atoms with E-state index in [0.717, 1.165) is 11.1 Å². The van der Waals surface area contributed by atoms with E-state index in [1.165, 1.54) is 0 Å². The predicted octanol–water partition coefficient (Wildman–Crippen LogP) is 4.78. The van der Waals surface area contributed by atoms with Gasteiger partial charge < -0.3 is 0 Å². The fourth-order valence-corrected chi connectivity index (χ4v) is 2.20. The zero-order valence-electron chi connectivity index (χ0n) is 10.6. The van der Waals surface area contributed by atoms with Gasteiger partial charge in [0.15, 0.2) is 0 Å². The van der Waals surface area contributed by atoms with Crippen molar-refractivity contribution in [2.75, 3.05) is 0 Å². The summed E-state index contributed by atoms with van der Waals surface area (Å²) in [5, 5.41) is 1.34. The Hall–Kier alpha value is -1.06. The lowest BCUT2D eigenvalue weighted by Crippen LogP contribution is -2.19. The fraction of sp³-hybridized carbons (Fsp3) is 0.200. The van der Waals surface area contributed by atoms with E-state index < -0.39 is 0 Å². The summed E-state index contributed by atoms with van der Waals surface area (Å²) < 4.78 is 0. The summed E-state index contributed by atoms with van der Waals surface area (Å²) in [7, 11) is 0. The van der Waals surface area contributed by atoms with Crippen molar-refractivity contribution in [3.05, 3.63) is 69.7 Å². The van der Waals surface area contributed by atoms with E-state index in [-0.39, 0.29) is 6.04 Å². The zero-order valence-corrected chi connectivity index (χ0v) is 12.1. The molecule has 0 aliphatic carbocycles. The van der Waals surface area contributed by atoms with Crippen LogP contribution in [-0.2, 0) is 11.4 Å². The molecule has 1 unspecified atom stereocenters. The summed E-state index contributed by atoms with van der Waals surface area (Å²) in [6.45, 7) is 2.48. The highest BCUT2D eigenvalue weighted by Crippen LogP contribution is 2.26. The third-order valence-electron chi connectivity index (χ3n) is 2.77. The van der Waals surface area contributed by atoms with Crippen LogP contribution in [0.3, 0.4) is 0 Å². The molecule has 19 heavy (non-hydrogen) atoms. The first-order chi connectivity index (χ1) is 9.16. The van der Waals surface area contributed by atoms with Gasteiger partial charge in [-0.05, 0) is 36.2 Å². The van der Waals surface area contributed by atoms with Gasteiger partial charge in [0.2, 0.25) is 0 Å². The average molecular weight is 296 g/mol. The Morgan fingerprint density at radius 3 is 2.58 bits per heavy atom. The summed E-state index contributed by atoms with van der Waals surface area (Å²) in [5.41, 5.74) is 5.00. The predicted molar refractivity (Wildman–Crippen MR) is 79.2 cm³/mol. The lowest BCUT2D eigenvalue weighted by molar-refractivity contribution is 0.00700. The SMILES string of the molecule is CC(NOCc1ccccc1)c1cc(Cl)ccc1Cl. The topological polar surface area (TPSA) is 21.3 Å². The monoisotopic (exact) mass is 295 g/mol. The van der Waals surface area contributed by atoms with Crippen molar-refractivity contribution in [2.24, 2.45) is 0 Å². The largest absolute Gasteiger partial charge is 0.296 e. The fourth-order valence-electron chi connectivity index (χ4n) is 1.73. The number of halogens is 2. The van der Waals surface area contributed by atoms with Crippen LogP contribution in [0.4, 0.5) is 0 Å². The first-order valence-electron chi connectivity index (χ1n) is 6.03. The van der Waals surface area contributed by atoms with Gasteiger partial charge >= 0.3 is 0 Å². The van der Waals surface area contributed by atoms with E-state index in [2.05, 4.69) is 5.48 Å². The molecular weight excluding hydrogens is 281 g/mol. The van der Waals surface area contributed by atoms with Gasteiger partial charge in [0.1, 0.15) is 0 Å². The maximum absolute atomic E-state index is 6.13. The molecular formula is C15H15Cl2NO. The van der Waals surface area contributed by atoms with Gasteiger partial charge in [0.05, 0.1) is 12.6 Å². The van der Waals surface area contributed by atoms with E-state index in [1.54, 1.807) is 12.1 Å². The van der Waals surface area contributed by atoms with Gasteiger partial charge in [0.25, 0.3) is 0 Å². The van der Waals surface area contributed by atoms with Crippen molar-refractivity contribution in [1.82, 2.24) is 5.48 Å². The second kappa shape index (κ2) is 6.92. The number of hydrogen-bond acceptors (Lipinski definition) is 2. The minimum absolute atomic E-state index is 0.0325. The van der Waals surface area contributed by atoms with Crippen LogP contribution in [-0.4, -0.2) is 0 Å². The molecule has 2 rings (SSSR count). The molecule has 2 nitrogen and oxygen atoms in total. The average Bonchev–Trinajstić information content (AvgIpc) is 2.42. The molecule has 0 fully saturated rings. The van der Waals surface area contributed by atoms with Crippen LogP contribution in [0.5, 0.6) is 0 Å². The van der Waals surface area contributed by atoms with Gasteiger partial charge in [-0.2, -0.15) is 5.48 Å². The van der Waals surface area contributed by atoms with Crippen LogP contribution in [0.15, 0.2) is 48.5 Å². The van der Waals surface area contributed by atoms with Crippen LogP contribution in [0.25, 0.3) is 0 Å². The molecule has 2 aromatic carbocycles. The Kier molecular flexibility index (Phi) is 5.23. The molecule has 0 heterocycles. The summed E-state index contributed by atoms with van der Waals surface area (Å²) >= 11 is 12.1. The molecule has 1 N–H and O–H groups in total. The molecule has 2 aromatic rings. The maximum atomic E-state index is 6.13. The zero-order chi connectivity index (χ0) is 13.7. The van der Waals surface area contributed by atoms with Crippen molar-refractivity contribution in [2.45, 2.75) is 19.6 Å². The molecule has 1 atom stereocenters. The quantitative estimate of drug-likeness (QED) is 0.802. The Balaban J connectivity index is 1.91. The molecule has 0 spiro atoms. The number of benzene rings is 2. The van der Waals surface area contributed by atoms with Crippen LogP contribution >= 0.6 is 23.2 Å². The molecule has 100 valence electrons. The van der Waals surface area contributed by atoms with E-state index in [4.69, 9.17) is 28.0 Å². The first-order valence-corrected chi connectivity index (χ1v) is 6.78. The highest BCUT2D eigenvalue weighted by Gasteiger charge is 2.10. The normalized spacial score (nSPS) is 12.4. The Labute approximate surface area is 123 Å². The van der Waals surface area contributed by atoms with E-state index in [9.17, 15) is 0 Å². The number of rotatable bonds is 5. The van der Waals surface area contributed by atoms with Crippen LogP contribution in [0.2, 0.25) is 10.0 Å². The standard InChI is InChI=1S/C15H15Cl2NO/c1-11(14-9-13(16)7-8-15(14)17)18-19-10-12-5-3-2-4-6-12/h2-9,11,18H,10H2,1H3. The minimum atomic E-state index is -0.0325. The Morgan fingerprint density at radius 1 is 1.11 bits per heavy atom. The third kappa shape index (κ3) is 4.22. The van der Waals surface area contributed by atoms with Crippen molar-refractivity contribution < 1.29 is 4.84 Å². The summed E-state index contributed by atoms with van der Waals surface area (Å²) in [6, 6.07) is 15.3. The smallest absolute Gasteiger partial charge is 0.0933 e.